The number of thiocarbonyl (C=S) groups is 1. The van der Waals surface area contributed by atoms with Crippen molar-refractivity contribution in [2.24, 2.45) is 5.73 Å². The second-order valence-corrected chi connectivity index (χ2v) is 4.97. The lowest BCUT2D eigenvalue weighted by Crippen LogP contribution is -2.21. The molecular weight excluding hydrogens is 254 g/mol. The second-order valence-electron chi connectivity index (χ2n) is 4.53. The largest absolute Gasteiger partial charge is 0.388 e. The first-order chi connectivity index (χ1) is 9.16. The van der Waals surface area contributed by atoms with Crippen LogP contribution in [0.1, 0.15) is 16.8 Å². The van der Waals surface area contributed by atoms with Gasteiger partial charge in [0.1, 0.15) is 10.7 Å². The summed E-state index contributed by atoms with van der Waals surface area (Å²) in [5, 5.41) is 0. The van der Waals surface area contributed by atoms with E-state index in [0.29, 0.717) is 4.99 Å². The van der Waals surface area contributed by atoms with Crippen molar-refractivity contribution in [3.8, 4) is 0 Å². The minimum Gasteiger partial charge on any atom is -0.388 e. The molecule has 2 N–H and O–H groups in total. The Morgan fingerprint density at radius 2 is 1.89 bits per heavy atom. The Bertz CT molecular complexity index is 554. The van der Waals surface area contributed by atoms with Crippen LogP contribution in [0, 0.1) is 0 Å². The number of hydrogen-bond donors (Lipinski definition) is 1. The molecule has 0 radical (unpaired) electrons. The fourth-order valence-corrected chi connectivity index (χ4v) is 2.21. The van der Waals surface area contributed by atoms with Gasteiger partial charge in [0.2, 0.25) is 0 Å². The predicted octanol–water partition coefficient (Wildman–Crippen LogP) is 2.35. The van der Waals surface area contributed by atoms with E-state index in [0.717, 1.165) is 24.3 Å². The number of hydrogen-bond acceptors (Lipinski definition) is 3. The van der Waals surface area contributed by atoms with Gasteiger partial charge in [-0.15, -0.1) is 0 Å². The van der Waals surface area contributed by atoms with Crippen molar-refractivity contribution in [2.75, 3.05) is 7.05 Å². The van der Waals surface area contributed by atoms with E-state index in [1.54, 1.807) is 6.20 Å². The van der Waals surface area contributed by atoms with Gasteiger partial charge in [0.05, 0.1) is 0 Å². The summed E-state index contributed by atoms with van der Waals surface area (Å²) in [6.45, 7) is 1.65. The average molecular weight is 271 g/mol. The first-order valence-electron chi connectivity index (χ1n) is 6.13. The van der Waals surface area contributed by atoms with Gasteiger partial charge in [-0.25, -0.2) is 0 Å². The van der Waals surface area contributed by atoms with Crippen LogP contribution in [-0.4, -0.2) is 21.9 Å². The molecule has 0 aliphatic rings. The van der Waals surface area contributed by atoms with E-state index in [9.17, 15) is 0 Å². The zero-order valence-corrected chi connectivity index (χ0v) is 11.7. The van der Waals surface area contributed by atoms with Gasteiger partial charge in [-0.05, 0) is 24.2 Å². The zero-order valence-electron chi connectivity index (χ0n) is 10.9. The summed E-state index contributed by atoms with van der Waals surface area (Å²) in [6, 6.07) is 14.3. The van der Waals surface area contributed by atoms with Crippen LogP contribution in [0.5, 0.6) is 0 Å². The molecule has 98 valence electrons. The van der Waals surface area contributed by atoms with E-state index in [1.807, 2.05) is 30.3 Å². The first kappa shape index (κ1) is 13.6. The van der Waals surface area contributed by atoms with Gasteiger partial charge < -0.3 is 5.73 Å². The molecule has 0 spiro atoms. The number of nitrogens with two attached hydrogens (primary N) is 1. The van der Waals surface area contributed by atoms with Crippen LogP contribution < -0.4 is 5.73 Å². The topological polar surface area (TPSA) is 42.2 Å². The zero-order chi connectivity index (χ0) is 13.7. The van der Waals surface area contributed by atoms with Crippen molar-refractivity contribution in [1.82, 2.24) is 9.88 Å². The third kappa shape index (κ3) is 3.84. The number of benzene rings is 1. The van der Waals surface area contributed by atoms with Crippen molar-refractivity contribution in [3.63, 3.8) is 0 Å². The summed E-state index contributed by atoms with van der Waals surface area (Å²) in [7, 11) is 2.07. The molecule has 0 atom stereocenters. The SMILES string of the molecule is CN(Cc1ccccc1)Cc1cccnc1C(N)=S. The second kappa shape index (κ2) is 6.41. The Morgan fingerprint density at radius 1 is 1.16 bits per heavy atom. The fourth-order valence-electron chi connectivity index (χ4n) is 2.03. The van der Waals surface area contributed by atoms with Crippen LogP contribution in [0.4, 0.5) is 0 Å². The standard InChI is InChI=1S/C15H17N3S/c1-18(10-12-6-3-2-4-7-12)11-13-8-5-9-17-14(13)15(16)19/h2-9H,10-11H2,1H3,(H2,16,19). The van der Waals surface area contributed by atoms with Crippen LogP contribution in [0.2, 0.25) is 0 Å². The van der Waals surface area contributed by atoms with Gasteiger partial charge in [0.25, 0.3) is 0 Å². The van der Waals surface area contributed by atoms with Crippen molar-refractivity contribution in [1.29, 1.82) is 0 Å². The maximum Gasteiger partial charge on any atom is 0.123 e. The molecule has 0 unspecified atom stereocenters. The average Bonchev–Trinajstić information content (AvgIpc) is 2.40. The predicted molar refractivity (Wildman–Crippen MR) is 81.7 cm³/mol. The monoisotopic (exact) mass is 271 g/mol. The molecule has 0 aliphatic heterocycles. The summed E-state index contributed by atoms with van der Waals surface area (Å²) in [5.74, 6) is 0. The molecule has 0 saturated heterocycles. The minimum absolute atomic E-state index is 0.351. The van der Waals surface area contributed by atoms with Crippen molar-refractivity contribution in [3.05, 3.63) is 65.5 Å². The van der Waals surface area contributed by atoms with E-state index in [-0.39, 0.29) is 0 Å². The van der Waals surface area contributed by atoms with Gasteiger partial charge in [-0.3, -0.25) is 9.88 Å². The molecule has 0 fully saturated rings. The summed E-state index contributed by atoms with van der Waals surface area (Å²) in [5.41, 5.74) is 8.76. The van der Waals surface area contributed by atoms with Crippen molar-refractivity contribution >= 4 is 17.2 Å². The van der Waals surface area contributed by atoms with E-state index < -0.39 is 0 Å². The van der Waals surface area contributed by atoms with Crippen LogP contribution in [0.3, 0.4) is 0 Å². The first-order valence-corrected chi connectivity index (χ1v) is 6.54. The fraction of sp³-hybridized carbons (Fsp3) is 0.200. The highest BCUT2D eigenvalue weighted by Gasteiger charge is 2.08. The van der Waals surface area contributed by atoms with E-state index in [2.05, 4.69) is 29.1 Å². The quantitative estimate of drug-likeness (QED) is 0.848. The number of nitrogens with zero attached hydrogens (tertiary/aromatic N) is 2. The highest BCUT2D eigenvalue weighted by molar-refractivity contribution is 7.80. The number of rotatable bonds is 5. The Labute approximate surface area is 119 Å². The number of pyridine rings is 1. The molecule has 1 aromatic carbocycles. The minimum atomic E-state index is 0.351. The molecule has 0 amide bonds. The number of aromatic nitrogens is 1. The third-order valence-electron chi connectivity index (χ3n) is 2.86. The molecule has 1 heterocycles. The highest BCUT2D eigenvalue weighted by atomic mass is 32.1. The molecule has 0 aliphatic carbocycles. The maximum absolute atomic E-state index is 5.69. The smallest absolute Gasteiger partial charge is 0.123 e. The lowest BCUT2D eigenvalue weighted by atomic mass is 10.1. The Kier molecular flexibility index (Phi) is 4.60. The Balaban J connectivity index is 2.07. The van der Waals surface area contributed by atoms with Crippen LogP contribution in [-0.2, 0) is 13.1 Å². The molecule has 0 bridgehead atoms. The molecule has 4 heteroatoms. The third-order valence-corrected chi connectivity index (χ3v) is 3.05. The van der Waals surface area contributed by atoms with Gasteiger partial charge in [-0.1, -0.05) is 48.6 Å². The van der Waals surface area contributed by atoms with Gasteiger partial charge >= 0.3 is 0 Å². The highest BCUT2D eigenvalue weighted by Crippen LogP contribution is 2.11. The lowest BCUT2D eigenvalue weighted by molar-refractivity contribution is 0.318. The van der Waals surface area contributed by atoms with Gasteiger partial charge in [0.15, 0.2) is 0 Å². The molecule has 0 saturated carbocycles. The molecule has 1 aromatic heterocycles. The summed E-state index contributed by atoms with van der Waals surface area (Å²) in [6.07, 6.45) is 1.72. The molecular formula is C15H17N3S. The van der Waals surface area contributed by atoms with Crippen LogP contribution in [0.25, 0.3) is 0 Å². The lowest BCUT2D eigenvalue weighted by Gasteiger charge is -2.18. The summed E-state index contributed by atoms with van der Waals surface area (Å²) in [4.78, 5) is 6.81. The van der Waals surface area contributed by atoms with E-state index >= 15 is 0 Å². The Hall–Kier alpha value is -1.78. The van der Waals surface area contributed by atoms with Crippen molar-refractivity contribution < 1.29 is 0 Å². The molecule has 3 nitrogen and oxygen atoms in total. The van der Waals surface area contributed by atoms with Crippen LogP contribution >= 0.6 is 12.2 Å². The van der Waals surface area contributed by atoms with Crippen molar-refractivity contribution in [2.45, 2.75) is 13.1 Å². The maximum atomic E-state index is 5.69. The molecule has 2 rings (SSSR count). The Morgan fingerprint density at radius 3 is 2.58 bits per heavy atom. The van der Waals surface area contributed by atoms with Gasteiger partial charge in [0, 0.05) is 19.3 Å². The normalized spacial score (nSPS) is 10.6. The molecule has 2 aromatic rings. The van der Waals surface area contributed by atoms with E-state index in [4.69, 9.17) is 18.0 Å². The molecule has 19 heavy (non-hydrogen) atoms. The summed E-state index contributed by atoms with van der Waals surface area (Å²) >= 11 is 5.03. The van der Waals surface area contributed by atoms with Gasteiger partial charge in [-0.2, -0.15) is 0 Å². The van der Waals surface area contributed by atoms with Crippen LogP contribution in [0.15, 0.2) is 48.7 Å². The summed E-state index contributed by atoms with van der Waals surface area (Å²) < 4.78 is 0. The van der Waals surface area contributed by atoms with E-state index in [1.165, 1.54) is 5.56 Å².